The number of benzene rings is 3. The molecule has 0 unspecified atom stereocenters. The molecular formula is C28H36O4PS+. The van der Waals surface area contributed by atoms with Crippen molar-refractivity contribution in [1.82, 2.24) is 0 Å². The number of hydrogen-bond acceptors (Lipinski definition) is 5. The highest BCUT2D eigenvalue weighted by Crippen LogP contribution is 2.52. The molecular weight excluding hydrogens is 463 g/mol. The van der Waals surface area contributed by atoms with Crippen molar-refractivity contribution in [2.45, 2.75) is 76.0 Å². The maximum absolute atomic E-state index is 10.8. The highest BCUT2D eigenvalue weighted by Gasteiger charge is 2.42. The van der Waals surface area contributed by atoms with Gasteiger partial charge in [-0.15, -0.1) is 0 Å². The SMILES string of the molecule is Cc1cc(O[P+](O)(O)c2ccccc2)c(C(C)(C)C)cc1Sc1cc(C)c(O)c(C(C)(C)C)c1. The van der Waals surface area contributed by atoms with Gasteiger partial charge in [-0.1, -0.05) is 71.5 Å². The Bertz CT molecular complexity index is 1180. The van der Waals surface area contributed by atoms with Gasteiger partial charge in [0.05, 0.1) is 0 Å². The van der Waals surface area contributed by atoms with Crippen LogP contribution in [0.4, 0.5) is 0 Å². The summed E-state index contributed by atoms with van der Waals surface area (Å²) >= 11 is 1.64. The van der Waals surface area contributed by atoms with Gasteiger partial charge in [-0.3, -0.25) is 4.52 Å². The Morgan fingerprint density at radius 3 is 1.91 bits per heavy atom. The Balaban J connectivity index is 2.05. The van der Waals surface area contributed by atoms with E-state index in [2.05, 4.69) is 53.7 Å². The molecule has 0 aliphatic carbocycles. The molecule has 0 bridgehead atoms. The lowest BCUT2D eigenvalue weighted by molar-refractivity contribution is 0.350. The molecule has 182 valence electrons. The lowest BCUT2D eigenvalue weighted by Gasteiger charge is -2.25. The molecule has 3 rings (SSSR count). The Morgan fingerprint density at radius 1 is 0.765 bits per heavy atom. The normalized spacial score (nSPS) is 12.6. The fraction of sp³-hybridized carbons (Fsp3) is 0.357. The molecule has 0 atom stereocenters. The van der Waals surface area contributed by atoms with Crippen molar-refractivity contribution in [3.63, 3.8) is 0 Å². The summed E-state index contributed by atoms with van der Waals surface area (Å²) in [6.45, 7) is 16.5. The van der Waals surface area contributed by atoms with Gasteiger partial charge in [0.2, 0.25) is 0 Å². The zero-order valence-electron chi connectivity index (χ0n) is 21.3. The highest BCUT2D eigenvalue weighted by molar-refractivity contribution is 7.99. The molecule has 4 nitrogen and oxygen atoms in total. The Kier molecular flexibility index (Phi) is 7.46. The first-order chi connectivity index (χ1) is 15.6. The van der Waals surface area contributed by atoms with Crippen LogP contribution in [-0.4, -0.2) is 14.9 Å². The van der Waals surface area contributed by atoms with Crippen molar-refractivity contribution in [1.29, 1.82) is 0 Å². The maximum atomic E-state index is 10.8. The molecule has 3 aromatic carbocycles. The molecule has 6 heteroatoms. The maximum Gasteiger partial charge on any atom is 0.487 e. The van der Waals surface area contributed by atoms with E-state index in [1.807, 2.05) is 32.0 Å². The second-order valence-corrected chi connectivity index (χ2v) is 13.7. The molecule has 34 heavy (non-hydrogen) atoms. The third-order valence-corrected chi connectivity index (χ3v) is 8.27. The topological polar surface area (TPSA) is 69.9 Å². The monoisotopic (exact) mass is 499 g/mol. The van der Waals surface area contributed by atoms with Gasteiger partial charge >= 0.3 is 7.94 Å². The third kappa shape index (κ3) is 5.95. The van der Waals surface area contributed by atoms with Crippen molar-refractivity contribution < 1.29 is 19.4 Å². The Labute approximate surface area is 208 Å². The van der Waals surface area contributed by atoms with Crippen LogP contribution in [0, 0.1) is 13.8 Å². The Morgan fingerprint density at radius 2 is 1.35 bits per heavy atom. The van der Waals surface area contributed by atoms with Crippen molar-refractivity contribution in [2.24, 2.45) is 0 Å². The summed E-state index contributed by atoms with van der Waals surface area (Å²) in [5.41, 5.74) is 3.18. The highest BCUT2D eigenvalue weighted by atomic mass is 32.2. The largest absolute Gasteiger partial charge is 0.507 e. The predicted octanol–water partition coefficient (Wildman–Crippen LogP) is 7.21. The summed E-state index contributed by atoms with van der Waals surface area (Å²) in [6, 6.07) is 16.7. The van der Waals surface area contributed by atoms with Crippen LogP contribution in [0.1, 0.15) is 63.8 Å². The van der Waals surface area contributed by atoms with E-state index in [1.54, 1.807) is 36.0 Å². The van der Waals surface area contributed by atoms with Crippen molar-refractivity contribution >= 4 is 25.0 Å². The van der Waals surface area contributed by atoms with Crippen LogP contribution in [0.15, 0.2) is 64.4 Å². The number of aromatic hydroxyl groups is 1. The van der Waals surface area contributed by atoms with Gasteiger partial charge in [0, 0.05) is 20.9 Å². The van der Waals surface area contributed by atoms with E-state index in [-0.39, 0.29) is 10.8 Å². The van der Waals surface area contributed by atoms with Gasteiger partial charge in [-0.2, -0.15) is 9.79 Å². The first kappa shape index (κ1) is 26.6. The molecule has 0 spiro atoms. The van der Waals surface area contributed by atoms with Crippen molar-refractivity contribution in [2.75, 3.05) is 0 Å². The average molecular weight is 500 g/mol. The molecule has 0 amide bonds. The third-order valence-electron chi connectivity index (χ3n) is 5.71. The number of aryl methyl sites for hydroxylation is 2. The zero-order chi connectivity index (χ0) is 25.5. The van der Waals surface area contributed by atoms with E-state index in [9.17, 15) is 14.9 Å². The number of phenolic OH excluding ortho intramolecular Hbond substituents is 1. The molecule has 3 aromatic rings. The van der Waals surface area contributed by atoms with Gasteiger partial charge in [0.15, 0.2) is 11.1 Å². The molecule has 0 aromatic heterocycles. The molecule has 3 N–H and O–H groups in total. The van der Waals surface area contributed by atoms with Crippen molar-refractivity contribution in [3.05, 3.63) is 76.9 Å². The molecule has 0 radical (unpaired) electrons. The van der Waals surface area contributed by atoms with E-state index in [1.165, 1.54) is 0 Å². The van der Waals surface area contributed by atoms with Crippen LogP contribution in [0.25, 0.3) is 0 Å². The van der Waals surface area contributed by atoms with Crippen LogP contribution < -0.4 is 9.83 Å². The molecule has 0 aliphatic heterocycles. The standard InChI is InChI=1S/C28H35O4PS/c1-18-15-24(32-33(30,31)20-12-10-9-11-13-20)22(27(3,4)5)17-25(18)34-21-14-19(2)26(29)23(16-21)28(6,7)8/h9-17,30-31H,1-8H3/p+1. The summed E-state index contributed by atoms with van der Waals surface area (Å²) < 4.78 is 5.91. The minimum absolute atomic E-state index is 0.179. The predicted molar refractivity (Wildman–Crippen MR) is 144 cm³/mol. The number of rotatable bonds is 5. The van der Waals surface area contributed by atoms with Crippen LogP contribution in [0.5, 0.6) is 11.5 Å². The summed E-state index contributed by atoms with van der Waals surface area (Å²) in [7, 11) is -3.79. The van der Waals surface area contributed by atoms with Crippen LogP contribution in [0.3, 0.4) is 0 Å². The lowest BCUT2D eigenvalue weighted by atomic mass is 9.85. The summed E-state index contributed by atoms with van der Waals surface area (Å²) in [5.74, 6) is 0.827. The van der Waals surface area contributed by atoms with Gasteiger partial charge in [-0.05, 0) is 72.2 Å². The minimum atomic E-state index is -3.79. The molecule has 0 heterocycles. The van der Waals surface area contributed by atoms with E-state index < -0.39 is 7.94 Å². The van der Waals surface area contributed by atoms with Gasteiger partial charge in [0.25, 0.3) is 0 Å². The van der Waals surface area contributed by atoms with Crippen LogP contribution in [-0.2, 0) is 10.8 Å². The fourth-order valence-electron chi connectivity index (χ4n) is 3.75. The quantitative estimate of drug-likeness (QED) is 0.324. The summed E-state index contributed by atoms with van der Waals surface area (Å²) in [4.78, 5) is 23.7. The van der Waals surface area contributed by atoms with Gasteiger partial charge in [-0.25, -0.2) is 0 Å². The van der Waals surface area contributed by atoms with Gasteiger partial charge in [0.1, 0.15) is 5.75 Å². The summed E-state index contributed by atoms with van der Waals surface area (Å²) in [6.07, 6.45) is 0. The second kappa shape index (κ2) is 9.54. The zero-order valence-corrected chi connectivity index (χ0v) is 23.0. The fourth-order valence-corrected chi connectivity index (χ4v) is 5.90. The molecule has 0 saturated carbocycles. The molecule has 0 saturated heterocycles. The van der Waals surface area contributed by atoms with E-state index >= 15 is 0 Å². The molecule has 0 fully saturated rings. The first-order valence-corrected chi connectivity index (χ1v) is 13.8. The smallest absolute Gasteiger partial charge is 0.487 e. The number of hydrogen-bond donors (Lipinski definition) is 3. The Hall–Kier alpha value is -2.04. The number of phenols is 1. The van der Waals surface area contributed by atoms with E-state index in [4.69, 9.17) is 4.52 Å². The van der Waals surface area contributed by atoms with Gasteiger partial charge < -0.3 is 5.11 Å². The average Bonchev–Trinajstić information content (AvgIpc) is 2.71. The van der Waals surface area contributed by atoms with E-state index in [0.717, 1.165) is 32.0 Å². The van der Waals surface area contributed by atoms with Crippen LogP contribution in [0.2, 0.25) is 0 Å². The van der Waals surface area contributed by atoms with Crippen LogP contribution >= 0.6 is 19.7 Å². The van der Waals surface area contributed by atoms with Crippen molar-refractivity contribution in [3.8, 4) is 11.5 Å². The summed E-state index contributed by atoms with van der Waals surface area (Å²) in [5, 5.41) is 11.0. The van der Waals surface area contributed by atoms with E-state index in [0.29, 0.717) is 16.8 Å². The molecule has 0 aliphatic rings. The lowest BCUT2D eigenvalue weighted by Crippen LogP contribution is -2.18. The second-order valence-electron chi connectivity index (χ2n) is 10.8. The first-order valence-electron chi connectivity index (χ1n) is 11.4. The minimum Gasteiger partial charge on any atom is -0.507 e.